The van der Waals surface area contributed by atoms with Gasteiger partial charge in [0.1, 0.15) is 0 Å². The summed E-state index contributed by atoms with van der Waals surface area (Å²) in [5.74, 6) is -0.433. The van der Waals surface area contributed by atoms with E-state index >= 15 is 0 Å². The number of H-pyrrole nitrogens is 1. The summed E-state index contributed by atoms with van der Waals surface area (Å²) in [5.41, 5.74) is 0.292. The van der Waals surface area contributed by atoms with E-state index in [-0.39, 0.29) is 17.3 Å². The zero-order chi connectivity index (χ0) is 12.4. The van der Waals surface area contributed by atoms with Crippen molar-refractivity contribution in [1.82, 2.24) is 10.1 Å². The van der Waals surface area contributed by atoms with E-state index in [0.29, 0.717) is 5.56 Å². The number of nitro groups is 1. The molecule has 0 saturated carbocycles. The summed E-state index contributed by atoms with van der Waals surface area (Å²) in [6, 6.07) is 4.10. The molecule has 2 aromatic rings. The highest BCUT2D eigenvalue weighted by molar-refractivity contribution is 5.62. The number of nitro benzene ring substituents is 1. The number of hydrogen-bond donors (Lipinski definition) is 1. The highest BCUT2D eigenvalue weighted by atomic mass is 16.6. The van der Waals surface area contributed by atoms with Crippen LogP contribution in [-0.2, 0) is 0 Å². The molecule has 1 N–H and O–H groups in total. The third kappa shape index (κ3) is 2.00. The lowest BCUT2D eigenvalue weighted by Crippen LogP contribution is -1.96. The predicted octanol–water partition coefficient (Wildman–Crippen LogP) is 0.947. The van der Waals surface area contributed by atoms with Crippen LogP contribution in [0.4, 0.5) is 5.69 Å². The monoisotopic (exact) mass is 237 g/mol. The molecule has 0 saturated heterocycles. The van der Waals surface area contributed by atoms with Gasteiger partial charge in [0.25, 0.3) is 0 Å². The summed E-state index contributed by atoms with van der Waals surface area (Å²) in [6.07, 6.45) is 0. The Balaban J connectivity index is 2.51. The molecule has 2 rings (SSSR count). The van der Waals surface area contributed by atoms with Crippen molar-refractivity contribution in [2.75, 3.05) is 7.11 Å². The van der Waals surface area contributed by atoms with E-state index in [0.717, 1.165) is 0 Å². The lowest BCUT2D eigenvalue weighted by Gasteiger charge is -2.02. The van der Waals surface area contributed by atoms with Crippen LogP contribution in [0.15, 0.2) is 27.5 Å². The summed E-state index contributed by atoms with van der Waals surface area (Å²) in [5, 5.41) is 14.1. The third-order valence-electron chi connectivity index (χ3n) is 2.09. The normalized spacial score (nSPS) is 10.2. The molecule has 88 valence electrons. The predicted molar refractivity (Wildman–Crippen MR) is 55.8 cm³/mol. The van der Waals surface area contributed by atoms with Crippen molar-refractivity contribution in [3.05, 3.63) is 38.9 Å². The summed E-state index contributed by atoms with van der Waals surface area (Å²) in [7, 11) is 1.32. The lowest BCUT2D eigenvalue weighted by molar-refractivity contribution is -0.385. The van der Waals surface area contributed by atoms with Gasteiger partial charge in [0.05, 0.1) is 12.0 Å². The molecular formula is C9H7N3O5. The van der Waals surface area contributed by atoms with Gasteiger partial charge in [-0.2, -0.15) is 0 Å². The maximum absolute atomic E-state index is 10.8. The van der Waals surface area contributed by atoms with Gasteiger partial charge in [-0.05, 0) is 12.1 Å². The van der Waals surface area contributed by atoms with Crippen molar-refractivity contribution < 1.29 is 14.2 Å². The van der Waals surface area contributed by atoms with E-state index in [4.69, 9.17) is 4.74 Å². The second kappa shape index (κ2) is 4.08. The second-order valence-electron chi connectivity index (χ2n) is 3.09. The van der Waals surface area contributed by atoms with Crippen LogP contribution in [0.1, 0.15) is 0 Å². The number of benzene rings is 1. The molecule has 1 aromatic heterocycles. The Morgan fingerprint density at radius 1 is 1.53 bits per heavy atom. The SMILES string of the molecule is COc1cc(-c2noc(=O)[nH]2)ccc1[N+](=O)[O-]. The average molecular weight is 237 g/mol. The smallest absolute Gasteiger partial charge is 0.439 e. The fourth-order valence-corrected chi connectivity index (χ4v) is 1.33. The minimum Gasteiger partial charge on any atom is -0.490 e. The van der Waals surface area contributed by atoms with E-state index in [2.05, 4.69) is 14.7 Å². The van der Waals surface area contributed by atoms with Gasteiger partial charge in [-0.15, -0.1) is 0 Å². The number of ether oxygens (including phenoxy) is 1. The summed E-state index contributed by atoms with van der Waals surface area (Å²) >= 11 is 0. The van der Waals surface area contributed by atoms with Gasteiger partial charge in [0.2, 0.25) is 0 Å². The average Bonchev–Trinajstić information content (AvgIpc) is 2.75. The van der Waals surface area contributed by atoms with Crippen molar-refractivity contribution in [3.8, 4) is 17.1 Å². The molecule has 8 nitrogen and oxygen atoms in total. The Morgan fingerprint density at radius 3 is 2.82 bits per heavy atom. The van der Waals surface area contributed by atoms with Crippen LogP contribution < -0.4 is 10.5 Å². The van der Waals surface area contributed by atoms with E-state index in [1.807, 2.05) is 0 Å². The van der Waals surface area contributed by atoms with Crippen LogP contribution in [0, 0.1) is 10.1 Å². The largest absolute Gasteiger partial charge is 0.490 e. The number of nitrogens with zero attached hydrogens (tertiary/aromatic N) is 2. The molecule has 0 spiro atoms. The number of hydrogen-bond acceptors (Lipinski definition) is 6. The quantitative estimate of drug-likeness (QED) is 0.628. The number of methoxy groups -OCH3 is 1. The maximum Gasteiger partial charge on any atom is 0.439 e. The van der Waals surface area contributed by atoms with Crippen molar-refractivity contribution in [1.29, 1.82) is 0 Å². The Kier molecular flexibility index (Phi) is 2.61. The molecular weight excluding hydrogens is 230 g/mol. The Morgan fingerprint density at radius 2 is 2.29 bits per heavy atom. The molecule has 0 bridgehead atoms. The molecule has 1 heterocycles. The molecule has 0 atom stereocenters. The maximum atomic E-state index is 10.8. The number of nitrogens with one attached hydrogen (secondary N) is 1. The Bertz CT molecular complexity index is 615. The van der Waals surface area contributed by atoms with Gasteiger partial charge in [-0.3, -0.25) is 19.6 Å². The van der Waals surface area contributed by atoms with Crippen LogP contribution in [0.5, 0.6) is 5.75 Å². The first-order valence-electron chi connectivity index (χ1n) is 4.50. The highest BCUT2D eigenvalue weighted by Gasteiger charge is 2.16. The van der Waals surface area contributed by atoms with Gasteiger partial charge in [0, 0.05) is 11.6 Å². The van der Waals surface area contributed by atoms with E-state index in [9.17, 15) is 14.9 Å². The van der Waals surface area contributed by atoms with Crippen LogP contribution >= 0.6 is 0 Å². The Labute approximate surface area is 94.0 Å². The first-order valence-corrected chi connectivity index (χ1v) is 4.50. The van der Waals surface area contributed by atoms with E-state index < -0.39 is 10.7 Å². The van der Waals surface area contributed by atoms with Crippen molar-refractivity contribution in [2.45, 2.75) is 0 Å². The molecule has 0 aliphatic rings. The minimum absolute atomic E-state index is 0.0800. The zero-order valence-electron chi connectivity index (χ0n) is 8.67. The van der Waals surface area contributed by atoms with Crippen molar-refractivity contribution in [2.24, 2.45) is 0 Å². The first-order chi connectivity index (χ1) is 8.11. The molecule has 0 amide bonds. The molecule has 0 aliphatic heterocycles. The van der Waals surface area contributed by atoms with Gasteiger partial charge in [0.15, 0.2) is 11.6 Å². The summed E-state index contributed by atoms with van der Waals surface area (Å²) in [6.45, 7) is 0. The van der Waals surface area contributed by atoms with Crippen molar-refractivity contribution >= 4 is 5.69 Å². The fraction of sp³-hybridized carbons (Fsp3) is 0.111. The Hall–Kier alpha value is -2.64. The van der Waals surface area contributed by atoms with Crippen molar-refractivity contribution in [3.63, 3.8) is 0 Å². The molecule has 8 heteroatoms. The summed E-state index contributed by atoms with van der Waals surface area (Å²) in [4.78, 5) is 23.2. The molecule has 17 heavy (non-hydrogen) atoms. The van der Waals surface area contributed by atoms with Gasteiger partial charge in [-0.25, -0.2) is 4.79 Å². The highest BCUT2D eigenvalue weighted by Crippen LogP contribution is 2.30. The number of aromatic nitrogens is 2. The molecule has 0 radical (unpaired) electrons. The van der Waals surface area contributed by atoms with Crippen LogP contribution in [0.25, 0.3) is 11.4 Å². The molecule has 1 aromatic carbocycles. The van der Waals surface area contributed by atoms with Gasteiger partial charge in [-0.1, -0.05) is 5.16 Å². The van der Waals surface area contributed by atoms with Gasteiger partial charge < -0.3 is 4.74 Å². The zero-order valence-corrected chi connectivity index (χ0v) is 8.67. The van der Waals surface area contributed by atoms with Crippen LogP contribution in [0.2, 0.25) is 0 Å². The standard InChI is InChI=1S/C9H7N3O5/c1-16-7-4-5(2-3-6(7)12(14)15)8-10-9(13)17-11-8/h2-4H,1H3,(H,10,11,13). The van der Waals surface area contributed by atoms with E-state index in [1.165, 1.54) is 25.3 Å². The first kappa shape index (κ1) is 10.9. The molecule has 0 fully saturated rings. The van der Waals surface area contributed by atoms with Gasteiger partial charge >= 0.3 is 11.4 Å². The summed E-state index contributed by atoms with van der Waals surface area (Å²) < 4.78 is 9.22. The minimum atomic E-state index is -0.697. The third-order valence-corrected chi connectivity index (χ3v) is 2.09. The molecule has 0 unspecified atom stereocenters. The topological polar surface area (TPSA) is 111 Å². The second-order valence-corrected chi connectivity index (χ2v) is 3.09. The van der Waals surface area contributed by atoms with E-state index in [1.54, 1.807) is 0 Å². The van der Waals surface area contributed by atoms with Crippen LogP contribution in [-0.4, -0.2) is 22.2 Å². The number of rotatable bonds is 3. The fourth-order valence-electron chi connectivity index (χ4n) is 1.33. The lowest BCUT2D eigenvalue weighted by atomic mass is 10.2. The van der Waals surface area contributed by atoms with Crippen LogP contribution in [0.3, 0.4) is 0 Å². The number of aromatic amines is 1. The molecule has 0 aliphatic carbocycles.